The zero-order valence-electron chi connectivity index (χ0n) is 13.3. The van der Waals surface area contributed by atoms with Gasteiger partial charge in [0.1, 0.15) is 5.76 Å². The fourth-order valence-electron chi connectivity index (χ4n) is 2.97. The van der Waals surface area contributed by atoms with Gasteiger partial charge in [0.2, 0.25) is 5.91 Å². The first-order chi connectivity index (χ1) is 11.9. The number of carbonyl (C=O) groups is 1. The summed E-state index contributed by atoms with van der Waals surface area (Å²) in [7, 11) is -3.12. The van der Waals surface area contributed by atoms with Crippen molar-refractivity contribution < 1.29 is 17.6 Å². The summed E-state index contributed by atoms with van der Waals surface area (Å²) < 4.78 is 29.0. The molecular formula is C17H17Cl2NO4S. The molecule has 0 N–H and O–H groups in total. The lowest BCUT2D eigenvalue weighted by atomic mass is 10.1. The summed E-state index contributed by atoms with van der Waals surface area (Å²) in [5, 5.41) is 0.829. The molecule has 1 fully saturated rings. The van der Waals surface area contributed by atoms with Gasteiger partial charge in [0, 0.05) is 16.1 Å². The van der Waals surface area contributed by atoms with Crippen molar-refractivity contribution >= 4 is 38.9 Å². The van der Waals surface area contributed by atoms with Gasteiger partial charge >= 0.3 is 0 Å². The Bertz CT molecular complexity index is 845. The van der Waals surface area contributed by atoms with Crippen LogP contribution in [0, 0.1) is 0 Å². The molecule has 1 aromatic carbocycles. The maximum atomic E-state index is 12.9. The minimum absolute atomic E-state index is 0.00969. The molecule has 1 aliphatic rings. The quantitative estimate of drug-likeness (QED) is 0.770. The van der Waals surface area contributed by atoms with E-state index in [0.29, 0.717) is 27.8 Å². The lowest BCUT2D eigenvalue weighted by Gasteiger charge is -2.28. The summed E-state index contributed by atoms with van der Waals surface area (Å²) in [6.45, 7) is 0.216. The van der Waals surface area contributed by atoms with Crippen LogP contribution in [0.25, 0.3) is 0 Å². The van der Waals surface area contributed by atoms with Crippen LogP contribution in [0.5, 0.6) is 0 Å². The highest BCUT2D eigenvalue weighted by Gasteiger charge is 2.35. The van der Waals surface area contributed by atoms with Crippen LogP contribution in [-0.2, 0) is 27.6 Å². The molecule has 25 heavy (non-hydrogen) atoms. The molecule has 2 heterocycles. The average Bonchev–Trinajstić information content (AvgIpc) is 3.17. The van der Waals surface area contributed by atoms with Gasteiger partial charge in [-0.1, -0.05) is 29.3 Å². The van der Waals surface area contributed by atoms with Gasteiger partial charge < -0.3 is 9.32 Å². The third kappa shape index (κ3) is 4.37. The van der Waals surface area contributed by atoms with Gasteiger partial charge in [0.05, 0.1) is 30.7 Å². The standard InChI is InChI=1S/C17H17Cl2NO4S/c18-15-4-1-5-16(19)14(15)9-17(21)20(10-13-3-2-7-24-13)12-6-8-25(22,23)11-12/h1-5,7,12H,6,8-11H2/t12-/m0/s1. The summed E-state index contributed by atoms with van der Waals surface area (Å²) in [5.74, 6) is 0.429. The Kier molecular flexibility index (Phi) is 5.41. The lowest BCUT2D eigenvalue weighted by Crippen LogP contribution is -2.41. The molecule has 8 heteroatoms. The van der Waals surface area contributed by atoms with E-state index in [1.165, 1.54) is 6.26 Å². The zero-order chi connectivity index (χ0) is 18.0. The topological polar surface area (TPSA) is 67.6 Å². The van der Waals surface area contributed by atoms with Crippen molar-refractivity contribution in [3.05, 3.63) is 58.0 Å². The first-order valence-electron chi connectivity index (χ1n) is 7.81. The predicted octanol–water partition coefficient (Wildman–Crippen LogP) is 3.34. The molecule has 0 saturated carbocycles. The average molecular weight is 402 g/mol. The number of amides is 1. The van der Waals surface area contributed by atoms with E-state index in [0.717, 1.165) is 0 Å². The molecule has 5 nitrogen and oxygen atoms in total. The maximum absolute atomic E-state index is 12.9. The van der Waals surface area contributed by atoms with Crippen molar-refractivity contribution in [2.75, 3.05) is 11.5 Å². The van der Waals surface area contributed by atoms with Crippen LogP contribution in [0.3, 0.4) is 0 Å². The summed E-state index contributed by atoms with van der Waals surface area (Å²) in [6, 6.07) is 8.17. The molecule has 2 aromatic rings. The summed E-state index contributed by atoms with van der Waals surface area (Å²) in [5.41, 5.74) is 0.543. The number of rotatable bonds is 5. The molecule has 1 aliphatic heterocycles. The lowest BCUT2D eigenvalue weighted by molar-refractivity contribution is -0.133. The van der Waals surface area contributed by atoms with Crippen LogP contribution >= 0.6 is 23.2 Å². The number of hydrogen-bond donors (Lipinski definition) is 0. The van der Waals surface area contributed by atoms with E-state index in [1.807, 2.05) is 0 Å². The van der Waals surface area contributed by atoms with Crippen molar-refractivity contribution in [3.63, 3.8) is 0 Å². The zero-order valence-corrected chi connectivity index (χ0v) is 15.6. The number of sulfone groups is 1. The first kappa shape index (κ1) is 18.3. The third-order valence-electron chi connectivity index (χ3n) is 4.27. The van der Waals surface area contributed by atoms with Gasteiger partial charge in [-0.3, -0.25) is 4.79 Å². The fraction of sp³-hybridized carbons (Fsp3) is 0.353. The maximum Gasteiger partial charge on any atom is 0.227 e. The predicted molar refractivity (Wildman–Crippen MR) is 96.5 cm³/mol. The second-order valence-electron chi connectivity index (χ2n) is 6.03. The Labute approximate surface area is 156 Å². The van der Waals surface area contributed by atoms with Gasteiger partial charge in [-0.05, 0) is 36.2 Å². The normalized spacial score (nSPS) is 19.0. The van der Waals surface area contributed by atoms with Gasteiger partial charge in [-0.2, -0.15) is 0 Å². The van der Waals surface area contributed by atoms with Crippen LogP contribution in [0.4, 0.5) is 0 Å². The highest BCUT2D eigenvalue weighted by Crippen LogP contribution is 2.27. The van der Waals surface area contributed by atoms with E-state index in [4.69, 9.17) is 27.6 Å². The smallest absolute Gasteiger partial charge is 0.227 e. The van der Waals surface area contributed by atoms with Gasteiger partial charge in [-0.25, -0.2) is 8.42 Å². The largest absolute Gasteiger partial charge is 0.467 e. The van der Waals surface area contributed by atoms with E-state index >= 15 is 0 Å². The molecule has 0 aliphatic carbocycles. The molecule has 0 bridgehead atoms. The summed E-state index contributed by atoms with van der Waals surface area (Å²) in [4.78, 5) is 14.5. The van der Waals surface area contributed by atoms with Crippen LogP contribution in [0.1, 0.15) is 17.7 Å². The Morgan fingerprint density at radius 2 is 1.92 bits per heavy atom. The molecule has 134 valence electrons. The number of nitrogens with zero attached hydrogens (tertiary/aromatic N) is 1. The Balaban J connectivity index is 1.84. The molecule has 1 amide bonds. The number of benzene rings is 1. The summed E-state index contributed by atoms with van der Waals surface area (Å²) >= 11 is 12.3. The van der Waals surface area contributed by atoms with E-state index in [2.05, 4.69) is 0 Å². The van der Waals surface area contributed by atoms with Gasteiger partial charge in [0.25, 0.3) is 0 Å². The highest BCUT2D eigenvalue weighted by atomic mass is 35.5. The molecule has 0 radical (unpaired) electrons. The van der Waals surface area contributed by atoms with Crippen molar-refractivity contribution in [2.24, 2.45) is 0 Å². The number of halogens is 2. The van der Waals surface area contributed by atoms with Crippen LogP contribution < -0.4 is 0 Å². The minimum atomic E-state index is -3.12. The first-order valence-corrected chi connectivity index (χ1v) is 10.4. The van der Waals surface area contributed by atoms with Crippen LogP contribution in [-0.4, -0.2) is 36.8 Å². The van der Waals surface area contributed by atoms with Crippen molar-refractivity contribution in [2.45, 2.75) is 25.4 Å². The van der Waals surface area contributed by atoms with E-state index in [9.17, 15) is 13.2 Å². The molecule has 1 aromatic heterocycles. The third-order valence-corrected chi connectivity index (χ3v) is 6.72. The molecule has 0 spiro atoms. The molecule has 1 atom stereocenters. The van der Waals surface area contributed by atoms with Gasteiger partial charge in [0.15, 0.2) is 9.84 Å². The van der Waals surface area contributed by atoms with E-state index in [-0.39, 0.29) is 36.4 Å². The molecule has 3 rings (SSSR count). The Morgan fingerprint density at radius 1 is 1.20 bits per heavy atom. The molecule has 1 saturated heterocycles. The van der Waals surface area contributed by atoms with Crippen LogP contribution in [0.15, 0.2) is 41.0 Å². The monoisotopic (exact) mass is 401 g/mol. The molecule has 0 unspecified atom stereocenters. The highest BCUT2D eigenvalue weighted by molar-refractivity contribution is 7.91. The minimum Gasteiger partial charge on any atom is -0.467 e. The second-order valence-corrected chi connectivity index (χ2v) is 9.08. The summed E-state index contributed by atoms with van der Waals surface area (Å²) in [6.07, 6.45) is 1.95. The van der Waals surface area contributed by atoms with Crippen LogP contribution in [0.2, 0.25) is 10.0 Å². The SMILES string of the molecule is O=C(Cc1c(Cl)cccc1Cl)N(Cc1ccco1)[C@H]1CCS(=O)(=O)C1. The van der Waals surface area contributed by atoms with E-state index < -0.39 is 9.84 Å². The van der Waals surface area contributed by atoms with Crippen molar-refractivity contribution in [3.8, 4) is 0 Å². The van der Waals surface area contributed by atoms with Crippen molar-refractivity contribution in [1.82, 2.24) is 4.90 Å². The molecular weight excluding hydrogens is 385 g/mol. The number of carbonyl (C=O) groups excluding carboxylic acids is 1. The number of hydrogen-bond acceptors (Lipinski definition) is 4. The van der Waals surface area contributed by atoms with E-state index in [1.54, 1.807) is 35.2 Å². The number of furan rings is 1. The second kappa shape index (κ2) is 7.40. The Morgan fingerprint density at radius 3 is 2.48 bits per heavy atom. The fourth-order valence-corrected chi connectivity index (χ4v) is 5.23. The van der Waals surface area contributed by atoms with Crippen molar-refractivity contribution in [1.29, 1.82) is 0 Å². The van der Waals surface area contributed by atoms with Gasteiger partial charge in [-0.15, -0.1) is 0 Å². The Hall–Kier alpha value is -1.50.